The van der Waals surface area contributed by atoms with Gasteiger partial charge in [-0.05, 0) is 19.1 Å². The fourth-order valence-corrected chi connectivity index (χ4v) is 4.96. The summed E-state index contributed by atoms with van der Waals surface area (Å²) in [6.45, 7) is 8.85. The molecule has 2 rings (SSSR count). The van der Waals surface area contributed by atoms with Gasteiger partial charge in [0.15, 0.2) is 0 Å². The van der Waals surface area contributed by atoms with E-state index in [4.69, 9.17) is 8.92 Å². The number of benzene rings is 1. The van der Waals surface area contributed by atoms with Crippen LogP contribution in [0, 0.1) is 6.92 Å². The molecule has 1 aromatic rings. The Morgan fingerprint density at radius 2 is 1.80 bits per heavy atom. The fourth-order valence-electron chi connectivity index (χ4n) is 2.17. The summed E-state index contributed by atoms with van der Waals surface area (Å²) in [5, 5.41) is 0. The van der Waals surface area contributed by atoms with Gasteiger partial charge in [-0.3, -0.25) is 4.18 Å². The smallest absolute Gasteiger partial charge is 0.296 e. The molecule has 0 bridgehead atoms. The lowest BCUT2D eigenvalue weighted by Crippen LogP contribution is -2.30. The summed E-state index contributed by atoms with van der Waals surface area (Å²) in [4.78, 5) is 0.210. The summed E-state index contributed by atoms with van der Waals surface area (Å²) in [5.41, 5.74) is 1.36. The Morgan fingerprint density at radius 3 is 2.30 bits per heavy atom. The Bertz CT molecular complexity index is 560. The largest absolute Gasteiger partial charge is 0.373 e. The molecule has 1 saturated heterocycles. The average molecular weight is 314 g/mol. The SMILES string of the molecule is Cc1ccc(S(=O)(=O)OCC[C@@H]2O[C@@H]2[Si](C)(C)C)cc1. The van der Waals surface area contributed by atoms with Gasteiger partial charge < -0.3 is 4.74 Å². The second-order valence-corrected chi connectivity index (χ2v) is 13.3. The highest BCUT2D eigenvalue weighted by Gasteiger charge is 2.47. The number of epoxide rings is 1. The van der Waals surface area contributed by atoms with Crippen LogP contribution in [0.15, 0.2) is 29.2 Å². The van der Waals surface area contributed by atoms with Crippen molar-refractivity contribution in [1.82, 2.24) is 0 Å². The van der Waals surface area contributed by atoms with Crippen molar-refractivity contribution >= 4 is 18.2 Å². The van der Waals surface area contributed by atoms with Crippen molar-refractivity contribution in [3.05, 3.63) is 29.8 Å². The van der Waals surface area contributed by atoms with Crippen LogP contribution in [0.5, 0.6) is 0 Å². The first-order chi connectivity index (χ1) is 9.20. The van der Waals surface area contributed by atoms with Gasteiger partial charge in [0.05, 0.1) is 31.4 Å². The first-order valence-corrected chi connectivity index (χ1v) is 11.8. The molecule has 1 heterocycles. The normalized spacial score (nSPS) is 22.8. The van der Waals surface area contributed by atoms with Gasteiger partial charge in [0.25, 0.3) is 10.1 Å². The third kappa shape index (κ3) is 3.91. The standard InChI is InChI=1S/C14H22O4SSi/c1-11-5-7-12(8-6-11)19(15,16)17-10-9-13-14(18-13)20(2,3)4/h5-8,13-14H,9-10H2,1-4H3/t13-,14+/m0/s1. The Morgan fingerprint density at radius 1 is 1.20 bits per heavy atom. The molecule has 0 unspecified atom stereocenters. The summed E-state index contributed by atoms with van der Waals surface area (Å²) >= 11 is 0. The lowest BCUT2D eigenvalue weighted by Gasteiger charge is -2.11. The van der Waals surface area contributed by atoms with Gasteiger partial charge in [-0.25, -0.2) is 0 Å². The maximum atomic E-state index is 12.0. The van der Waals surface area contributed by atoms with E-state index in [1.807, 2.05) is 6.92 Å². The molecule has 0 spiro atoms. The first-order valence-electron chi connectivity index (χ1n) is 6.82. The minimum atomic E-state index is -3.64. The zero-order valence-electron chi connectivity index (χ0n) is 12.4. The number of ether oxygens (including phenoxy) is 1. The minimum absolute atomic E-state index is 0.176. The molecule has 1 aliphatic rings. The van der Waals surface area contributed by atoms with Crippen molar-refractivity contribution in [2.75, 3.05) is 6.61 Å². The average Bonchev–Trinajstić information content (AvgIpc) is 3.08. The second-order valence-electron chi connectivity index (χ2n) is 6.34. The van der Waals surface area contributed by atoms with Crippen LogP contribution in [0.2, 0.25) is 19.6 Å². The van der Waals surface area contributed by atoms with Crippen LogP contribution >= 0.6 is 0 Å². The van der Waals surface area contributed by atoms with Crippen LogP contribution in [0.25, 0.3) is 0 Å². The molecule has 0 aliphatic carbocycles. The first kappa shape index (κ1) is 15.7. The van der Waals surface area contributed by atoms with E-state index in [9.17, 15) is 8.42 Å². The van der Waals surface area contributed by atoms with Crippen molar-refractivity contribution < 1.29 is 17.3 Å². The number of aryl methyl sites for hydroxylation is 1. The summed E-state index contributed by atoms with van der Waals surface area (Å²) in [6, 6.07) is 6.68. The van der Waals surface area contributed by atoms with E-state index in [0.29, 0.717) is 12.1 Å². The van der Waals surface area contributed by atoms with Crippen LogP contribution in [0.1, 0.15) is 12.0 Å². The molecule has 1 aromatic carbocycles. The molecular formula is C14H22O4SSi. The van der Waals surface area contributed by atoms with E-state index in [0.717, 1.165) is 5.56 Å². The maximum Gasteiger partial charge on any atom is 0.296 e. The highest BCUT2D eigenvalue weighted by atomic mass is 32.2. The molecule has 0 saturated carbocycles. The van der Waals surface area contributed by atoms with Crippen LogP contribution < -0.4 is 0 Å². The summed E-state index contributed by atoms with van der Waals surface area (Å²) < 4.78 is 34.6. The van der Waals surface area contributed by atoms with Crippen LogP contribution in [-0.2, 0) is 19.0 Å². The molecular weight excluding hydrogens is 292 g/mol. The molecule has 0 radical (unpaired) electrons. The molecule has 2 atom stereocenters. The lowest BCUT2D eigenvalue weighted by molar-refractivity contribution is 0.285. The molecule has 1 fully saturated rings. The monoisotopic (exact) mass is 314 g/mol. The van der Waals surface area contributed by atoms with E-state index < -0.39 is 18.2 Å². The Kier molecular flexibility index (Phi) is 4.39. The number of hydrogen-bond acceptors (Lipinski definition) is 4. The zero-order chi connectivity index (χ0) is 15.0. The summed E-state index contributed by atoms with van der Waals surface area (Å²) in [6.07, 6.45) is 0.815. The fraction of sp³-hybridized carbons (Fsp3) is 0.571. The van der Waals surface area contributed by atoms with Crippen molar-refractivity contribution in [2.45, 2.75) is 49.7 Å². The van der Waals surface area contributed by atoms with Gasteiger partial charge in [0, 0.05) is 6.42 Å². The van der Waals surface area contributed by atoms with E-state index in [1.165, 1.54) is 0 Å². The third-order valence-electron chi connectivity index (χ3n) is 3.39. The summed E-state index contributed by atoms with van der Waals surface area (Å²) in [7, 11) is -4.92. The third-order valence-corrected chi connectivity index (χ3v) is 6.93. The molecule has 0 N–H and O–H groups in total. The predicted octanol–water partition coefficient (Wildman–Crippen LogP) is 2.74. The minimum Gasteiger partial charge on any atom is -0.373 e. The van der Waals surface area contributed by atoms with E-state index >= 15 is 0 Å². The Labute approximate surface area is 122 Å². The molecule has 0 amide bonds. The molecule has 112 valence electrons. The number of rotatable bonds is 6. The van der Waals surface area contributed by atoms with Crippen molar-refractivity contribution in [2.24, 2.45) is 0 Å². The van der Waals surface area contributed by atoms with Crippen molar-refractivity contribution in [3.8, 4) is 0 Å². The zero-order valence-corrected chi connectivity index (χ0v) is 14.2. The lowest BCUT2D eigenvalue weighted by atomic mass is 10.2. The van der Waals surface area contributed by atoms with Crippen LogP contribution in [-0.4, -0.2) is 34.9 Å². The van der Waals surface area contributed by atoms with Gasteiger partial charge in [-0.15, -0.1) is 0 Å². The maximum absolute atomic E-state index is 12.0. The van der Waals surface area contributed by atoms with Gasteiger partial charge in [-0.2, -0.15) is 8.42 Å². The highest BCUT2D eigenvalue weighted by molar-refractivity contribution is 7.86. The van der Waals surface area contributed by atoms with Gasteiger partial charge in [-0.1, -0.05) is 37.3 Å². The van der Waals surface area contributed by atoms with Crippen LogP contribution in [0.3, 0.4) is 0 Å². The van der Waals surface area contributed by atoms with E-state index in [-0.39, 0.29) is 17.6 Å². The quantitative estimate of drug-likeness (QED) is 0.460. The Balaban J connectivity index is 1.84. The predicted molar refractivity (Wildman–Crippen MR) is 80.9 cm³/mol. The van der Waals surface area contributed by atoms with Gasteiger partial charge in [0.2, 0.25) is 0 Å². The molecule has 6 heteroatoms. The highest BCUT2D eigenvalue weighted by Crippen LogP contribution is 2.33. The second kappa shape index (κ2) is 5.59. The van der Waals surface area contributed by atoms with E-state index in [1.54, 1.807) is 24.3 Å². The Hall–Kier alpha value is -0.693. The molecule has 4 nitrogen and oxygen atoms in total. The van der Waals surface area contributed by atoms with E-state index in [2.05, 4.69) is 19.6 Å². The van der Waals surface area contributed by atoms with Gasteiger partial charge in [0.1, 0.15) is 0 Å². The van der Waals surface area contributed by atoms with Crippen molar-refractivity contribution in [3.63, 3.8) is 0 Å². The molecule has 1 aliphatic heterocycles. The van der Waals surface area contributed by atoms with Gasteiger partial charge >= 0.3 is 0 Å². The van der Waals surface area contributed by atoms with Crippen LogP contribution in [0.4, 0.5) is 0 Å². The molecule has 0 aromatic heterocycles. The molecule has 20 heavy (non-hydrogen) atoms. The van der Waals surface area contributed by atoms with Crippen molar-refractivity contribution in [1.29, 1.82) is 0 Å². The number of hydrogen-bond donors (Lipinski definition) is 0. The summed E-state index contributed by atoms with van der Waals surface area (Å²) in [5.74, 6) is 0. The topological polar surface area (TPSA) is 55.9 Å².